The van der Waals surface area contributed by atoms with E-state index in [1.54, 1.807) is 0 Å². The fourth-order valence-electron chi connectivity index (χ4n) is 3.64. The van der Waals surface area contributed by atoms with E-state index in [4.69, 9.17) is 8.85 Å². The zero-order valence-electron chi connectivity index (χ0n) is 21.7. The van der Waals surface area contributed by atoms with Crippen LogP contribution in [0.4, 0.5) is 0 Å². The molecule has 0 heterocycles. The van der Waals surface area contributed by atoms with E-state index in [0.29, 0.717) is 0 Å². The van der Waals surface area contributed by atoms with E-state index in [1.165, 1.54) is 11.1 Å². The fraction of sp³-hybridized carbons (Fsp3) is 0.917. The Hall–Kier alpha value is 0.0538. The predicted octanol–water partition coefficient (Wildman–Crippen LogP) is 7.29. The Balaban J connectivity index is 3.47. The number of rotatable bonds is 8. The van der Waals surface area contributed by atoms with E-state index in [2.05, 4.69) is 88.5 Å². The molecular formula is C24H50O3Si2. The summed E-state index contributed by atoms with van der Waals surface area (Å²) in [4.78, 5) is 0. The number of aliphatic hydroxyl groups excluding tert-OH is 1. The van der Waals surface area contributed by atoms with Crippen LogP contribution in [0.5, 0.6) is 0 Å². The molecule has 0 aromatic heterocycles. The van der Waals surface area contributed by atoms with Crippen LogP contribution in [0, 0.1) is 5.41 Å². The van der Waals surface area contributed by atoms with Gasteiger partial charge in [-0.1, -0.05) is 61.8 Å². The molecule has 0 aromatic rings. The third-order valence-corrected chi connectivity index (χ3v) is 16.9. The van der Waals surface area contributed by atoms with Crippen LogP contribution in [-0.4, -0.2) is 40.6 Å². The highest BCUT2D eigenvalue weighted by Crippen LogP contribution is 2.52. The Labute approximate surface area is 183 Å². The van der Waals surface area contributed by atoms with Gasteiger partial charge in [0.25, 0.3) is 0 Å². The van der Waals surface area contributed by atoms with Crippen molar-refractivity contribution in [3.8, 4) is 0 Å². The zero-order valence-corrected chi connectivity index (χ0v) is 23.7. The summed E-state index contributed by atoms with van der Waals surface area (Å²) in [5.41, 5.74) is 2.26. The standard InChI is InChI=1S/C24H50O3Si2/c1-14-15-16-19-18(2)20(26-28(10,11)22(3,4)5)24(9,17-25)21(19)27-29(12,13)23(6,7)8/h20-21,25H,14-17H2,1-13H3/t20-,21+,24+/m1/s1. The second-order valence-corrected chi connectivity index (χ2v) is 22.0. The van der Waals surface area contributed by atoms with Gasteiger partial charge in [-0.25, -0.2) is 0 Å². The van der Waals surface area contributed by atoms with E-state index >= 15 is 0 Å². The van der Waals surface area contributed by atoms with Crippen molar-refractivity contribution in [1.82, 2.24) is 0 Å². The van der Waals surface area contributed by atoms with E-state index in [9.17, 15) is 5.11 Å². The van der Waals surface area contributed by atoms with Crippen LogP contribution in [-0.2, 0) is 8.85 Å². The fourth-order valence-corrected chi connectivity index (χ4v) is 6.38. The van der Waals surface area contributed by atoms with Crippen molar-refractivity contribution in [3.63, 3.8) is 0 Å². The Morgan fingerprint density at radius 1 is 0.897 bits per heavy atom. The lowest BCUT2D eigenvalue weighted by Gasteiger charge is -2.47. The van der Waals surface area contributed by atoms with Gasteiger partial charge < -0.3 is 14.0 Å². The SMILES string of the molecule is CCCCC1=C(C)[C@@H](O[Si](C)(C)C(C)(C)C)[C@](C)(CO)[C@H]1O[Si](C)(C)C(C)(C)C. The molecule has 1 rings (SSSR count). The minimum absolute atomic E-state index is 0.0605. The van der Waals surface area contributed by atoms with Gasteiger partial charge in [0, 0.05) is 5.41 Å². The molecule has 3 atom stereocenters. The maximum absolute atomic E-state index is 10.7. The van der Waals surface area contributed by atoms with Gasteiger partial charge >= 0.3 is 0 Å². The summed E-state index contributed by atoms with van der Waals surface area (Å²) < 4.78 is 14.0. The molecule has 0 radical (unpaired) electrons. The largest absolute Gasteiger partial charge is 0.410 e. The molecule has 1 N–H and O–H groups in total. The molecule has 1 aliphatic carbocycles. The van der Waals surface area contributed by atoms with Crippen LogP contribution in [0.2, 0.25) is 36.3 Å². The number of aliphatic hydroxyl groups is 1. The highest BCUT2D eigenvalue weighted by Gasteiger charge is 2.56. The molecule has 172 valence electrons. The van der Waals surface area contributed by atoms with Crippen LogP contribution in [0.25, 0.3) is 0 Å². The minimum Gasteiger partial charge on any atom is -0.410 e. The number of hydrogen-bond acceptors (Lipinski definition) is 3. The predicted molar refractivity (Wildman–Crippen MR) is 132 cm³/mol. The summed E-state index contributed by atoms with van der Waals surface area (Å²) >= 11 is 0. The monoisotopic (exact) mass is 442 g/mol. The third kappa shape index (κ3) is 5.46. The summed E-state index contributed by atoms with van der Waals surface area (Å²) in [6, 6.07) is 0. The minimum atomic E-state index is -2.00. The molecule has 0 spiro atoms. The van der Waals surface area contributed by atoms with Crippen LogP contribution in [0.15, 0.2) is 11.1 Å². The first-order chi connectivity index (χ1) is 12.9. The van der Waals surface area contributed by atoms with E-state index in [-0.39, 0.29) is 28.9 Å². The lowest BCUT2D eigenvalue weighted by Crippen LogP contribution is -2.54. The van der Waals surface area contributed by atoms with Crippen molar-refractivity contribution in [2.75, 3.05) is 6.61 Å². The average molecular weight is 443 g/mol. The van der Waals surface area contributed by atoms with Crippen LogP contribution >= 0.6 is 0 Å². The molecule has 5 heteroatoms. The van der Waals surface area contributed by atoms with E-state index in [1.807, 2.05) is 0 Å². The third-order valence-electron chi connectivity index (χ3n) is 7.99. The van der Waals surface area contributed by atoms with Crippen molar-refractivity contribution in [2.45, 2.75) is 130 Å². The molecule has 0 aliphatic heterocycles. The summed E-state index contributed by atoms with van der Waals surface area (Å²) in [7, 11) is -3.99. The molecule has 0 aromatic carbocycles. The second-order valence-electron chi connectivity index (χ2n) is 12.5. The first-order valence-corrected chi connectivity index (χ1v) is 17.3. The van der Waals surface area contributed by atoms with Gasteiger partial charge in [-0.15, -0.1) is 0 Å². The number of unbranched alkanes of at least 4 members (excludes halogenated alkanes) is 1. The lowest BCUT2D eigenvalue weighted by molar-refractivity contribution is -0.0309. The van der Waals surface area contributed by atoms with Gasteiger partial charge in [0.2, 0.25) is 0 Å². The van der Waals surface area contributed by atoms with Crippen molar-refractivity contribution in [1.29, 1.82) is 0 Å². The molecule has 29 heavy (non-hydrogen) atoms. The smallest absolute Gasteiger partial charge is 0.192 e. The summed E-state index contributed by atoms with van der Waals surface area (Å²) in [5.74, 6) is 0. The van der Waals surface area contributed by atoms with Gasteiger partial charge in [0.1, 0.15) is 0 Å². The summed E-state index contributed by atoms with van der Waals surface area (Å²) in [5, 5.41) is 10.9. The van der Waals surface area contributed by atoms with Gasteiger partial charge in [-0.05, 0) is 67.2 Å². The van der Waals surface area contributed by atoms with E-state index in [0.717, 1.165) is 19.3 Å². The molecule has 0 fully saturated rings. The molecule has 0 amide bonds. The molecule has 0 unspecified atom stereocenters. The maximum Gasteiger partial charge on any atom is 0.192 e. The summed E-state index contributed by atoms with van der Waals surface area (Å²) in [6.45, 7) is 29.7. The summed E-state index contributed by atoms with van der Waals surface area (Å²) in [6.07, 6.45) is 3.21. The average Bonchev–Trinajstić information content (AvgIpc) is 2.72. The molecule has 0 saturated carbocycles. The topological polar surface area (TPSA) is 38.7 Å². The van der Waals surface area contributed by atoms with Crippen LogP contribution in [0.3, 0.4) is 0 Å². The number of hydrogen-bond donors (Lipinski definition) is 1. The molecular weight excluding hydrogens is 392 g/mol. The quantitative estimate of drug-likeness (QED) is 0.317. The lowest BCUT2D eigenvalue weighted by atomic mass is 9.82. The highest BCUT2D eigenvalue weighted by molar-refractivity contribution is 6.74. The highest BCUT2D eigenvalue weighted by atomic mass is 28.4. The van der Waals surface area contributed by atoms with Crippen molar-refractivity contribution in [2.24, 2.45) is 5.41 Å². The molecule has 3 nitrogen and oxygen atoms in total. The van der Waals surface area contributed by atoms with Crippen LogP contribution < -0.4 is 0 Å². The second kappa shape index (κ2) is 8.89. The Kier molecular flexibility index (Phi) is 8.31. The Morgan fingerprint density at radius 2 is 1.31 bits per heavy atom. The normalized spacial score (nSPS) is 27.1. The van der Waals surface area contributed by atoms with Gasteiger partial charge in [0.15, 0.2) is 16.6 Å². The van der Waals surface area contributed by atoms with Gasteiger partial charge in [0.05, 0.1) is 18.8 Å². The van der Waals surface area contributed by atoms with Crippen molar-refractivity contribution < 1.29 is 14.0 Å². The molecule has 0 bridgehead atoms. The Bertz CT molecular complexity index is 596. The van der Waals surface area contributed by atoms with Crippen LogP contribution in [0.1, 0.15) is 81.6 Å². The zero-order chi connectivity index (χ0) is 23.1. The van der Waals surface area contributed by atoms with Gasteiger partial charge in [-0.2, -0.15) is 0 Å². The van der Waals surface area contributed by atoms with Crippen molar-refractivity contribution >= 4 is 16.6 Å². The van der Waals surface area contributed by atoms with Gasteiger partial charge in [-0.3, -0.25) is 0 Å². The maximum atomic E-state index is 10.7. The molecule has 1 aliphatic rings. The van der Waals surface area contributed by atoms with Crippen molar-refractivity contribution in [3.05, 3.63) is 11.1 Å². The first-order valence-electron chi connectivity index (χ1n) is 11.5. The van der Waals surface area contributed by atoms with E-state index < -0.39 is 22.0 Å². The Morgan fingerprint density at radius 3 is 1.66 bits per heavy atom. The molecule has 0 saturated heterocycles. The first kappa shape index (κ1) is 27.1.